The Bertz CT molecular complexity index is 1390. The van der Waals surface area contributed by atoms with Crippen molar-refractivity contribution in [2.45, 2.75) is 180 Å². The topological polar surface area (TPSA) is 111 Å². The summed E-state index contributed by atoms with van der Waals surface area (Å²) in [7, 11) is 1.14. The molecule has 360 valence electrons. The molecule has 0 radical (unpaired) electrons. The number of phosphoric ester groups is 1. The van der Waals surface area contributed by atoms with E-state index in [2.05, 4.69) is 111 Å². The number of phosphoric acid groups is 1. The Balaban J connectivity index is 4.23. The van der Waals surface area contributed by atoms with Crippen LogP contribution in [0, 0.1) is 0 Å². The van der Waals surface area contributed by atoms with Gasteiger partial charge in [0.1, 0.15) is 19.8 Å². The van der Waals surface area contributed by atoms with Crippen LogP contribution in [0.5, 0.6) is 0 Å². The molecule has 0 fully saturated rings. The fourth-order valence-corrected chi connectivity index (χ4v) is 6.78. The van der Waals surface area contributed by atoms with Crippen LogP contribution in [0.2, 0.25) is 0 Å². The number of allylic oxidation sites excluding steroid dienone is 16. The van der Waals surface area contributed by atoms with Crippen LogP contribution in [0.3, 0.4) is 0 Å². The lowest BCUT2D eigenvalue weighted by Gasteiger charge is -2.28. The van der Waals surface area contributed by atoms with Crippen LogP contribution in [0.25, 0.3) is 0 Å². The summed E-state index contributed by atoms with van der Waals surface area (Å²) in [6, 6.07) is 0. The van der Waals surface area contributed by atoms with E-state index >= 15 is 0 Å². The van der Waals surface area contributed by atoms with E-state index in [1.807, 2.05) is 21.1 Å². The minimum atomic E-state index is -4.64. The molecule has 0 aliphatic rings. The van der Waals surface area contributed by atoms with Crippen LogP contribution in [0.4, 0.5) is 0 Å². The number of hydrogen-bond acceptors (Lipinski definition) is 8. The van der Waals surface area contributed by atoms with Gasteiger partial charge in [-0.05, 0) is 89.9 Å². The highest BCUT2D eigenvalue weighted by molar-refractivity contribution is 7.45. The molecule has 0 bridgehead atoms. The zero-order valence-corrected chi connectivity index (χ0v) is 41.4. The van der Waals surface area contributed by atoms with E-state index in [-0.39, 0.29) is 26.1 Å². The van der Waals surface area contributed by atoms with Crippen LogP contribution in [-0.2, 0) is 32.7 Å². The molecule has 0 N–H and O–H groups in total. The zero-order chi connectivity index (χ0) is 46.4. The number of ether oxygens (including phenoxy) is 2. The number of rotatable bonds is 43. The van der Waals surface area contributed by atoms with E-state index in [1.54, 1.807) is 0 Å². The molecule has 0 saturated carbocycles. The highest BCUT2D eigenvalue weighted by atomic mass is 31.2. The Kier molecular flexibility index (Phi) is 42.0. The van der Waals surface area contributed by atoms with Gasteiger partial charge in [-0.3, -0.25) is 14.2 Å². The quantitative estimate of drug-likeness (QED) is 0.0196. The largest absolute Gasteiger partial charge is 0.756 e. The Labute approximate surface area is 385 Å². The van der Waals surface area contributed by atoms with Gasteiger partial charge in [-0.25, -0.2) is 0 Å². The number of likely N-dealkylation sites (N-methyl/N-ethyl adjacent to an activating group) is 1. The smallest absolute Gasteiger partial charge is 0.306 e. The van der Waals surface area contributed by atoms with Gasteiger partial charge in [0.15, 0.2) is 6.10 Å². The van der Waals surface area contributed by atoms with Gasteiger partial charge in [-0.1, -0.05) is 169 Å². The molecule has 0 aliphatic carbocycles. The summed E-state index contributed by atoms with van der Waals surface area (Å²) in [6.45, 7) is 4.00. The molecule has 0 heterocycles. The normalized spacial score (nSPS) is 14.3. The van der Waals surface area contributed by atoms with E-state index in [1.165, 1.54) is 25.7 Å². The number of esters is 2. The monoisotopic (exact) mass is 900 g/mol. The maximum absolute atomic E-state index is 12.7. The number of hydrogen-bond donors (Lipinski definition) is 0. The molecule has 0 aliphatic heterocycles. The second-order valence-electron chi connectivity index (χ2n) is 17.1. The molecule has 0 aromatic carbocycles. The average Bonchev–Trinajstić information content (AvgIpc) is 3.24. The van der Waals surface area contributed by atoms with Crippen LogP contribution < -0.4 is 4.89 Å². The molecule has 0 saturated heterocycles. The molecule has 0 aromatic rings. The van der Waals surface area contributed by atoms with Gasteiger partial charge >= 0.3 is 11.9 Å². The van der Waals surface area contributed by atoms with Gasteiger partial charge < -0.3 is 27.9 Å². The molecular weight excluding hydrogens is 810 g/mol. The summed E-state index contributed by atoms with van der Waals surface area (Å²) in [6.07, 6.45) is 58.8. The summed E-state index contributed by atoms with van der Waals surface area (Å²) in [4.78, 5) is 37.5. The third kappa shape index (κ3) is 48.2. The van der Waals surface area contributed by atoms with Crippen LogP contribution in [0.15, 0.2) is 97.2 Å². The van der Waals surface area contributed by atoms with Crippen LogP contribution in [0.1, 0.15) is 174 Å². The third-order valence-corrected chi connectivity index (χ3v) is 10.8. The Morgan fingerprint density at radius 1 is 0.508 bits per heavy atom. The van der Waals surface area contributed by atoms with Crippen molar-refractivity contribution in [1.29, 1.82) is 0 Å². The van der Waals surface area contributed by atoms with Crippen LogP contribution in [-0.4, -0.2) is 70.0 Å². The number of carbonyl (C=O) groups excluding carboxylic acids is 2. The van der Waals surface area contributed by atoms with Gasteiger partial charge in [0.2, 0.25) is 0 Å². The Hall–Kier alpha value is -3.07. The highest BCUT2D eigenvalue weighted by Gasteiger charge is 2.21. The third-order valence-electron chi connectivity index (χ3n) is 9.82. The molecular formula is C53H90NO8P. The van der Waals surface area contributed by atoms with Crippen LogP contribution >= 0.6 is 7.82 Å². The predicted octanol–water partition coefficient (Wildman–Crippen LogP) is 13.9. The molecule has 2 atom stereocenters. The first-order valence-corrected chi connectivity index (χ1v) is 25.9. The SMILES string of the molecule is CC/C=C\C/C=C\C/C=C\C/C=C\C/C=C\C/C=C\C/C=C\CCCCCCCCCC(=O)OC(COC(=O)CCCCCCC/C=C\CCC)COP(=O)([O-])OCC[N+](C)(C)C. The predicted molar refractivity (Wildman–Crippen MR) is 263 cm³/mol. The first kappa shape index (κ1) is 59.9. The van der Waals surface area contributed by atoms with E-state index in [0.717, 1.165) is 109 Å². The van der Waals surface area contributed by atoms with Gasteiger partial charge in [0, 0.05) is 12.8 Å². The minimum Gasteiger partial charge on any atom is -0.756 e. The molecule has 0 spiro atoms. The van der Waals surface area contributed by atoms with Crippen molar-refractivity contribution in [2.24, 2.45) is 0 Å². The van der Waals surface area contributed by atoms with Gasteiger partial charge in [-0.15, -0.1) is 0 Å². The highest BCUT2D eigenvalue weighted by Crippen LogP contribution is 2.38. The lowest BCUT2D eigenvalue weighted by Crippen LogP contribution is -2.37. The first-order chi connectivity index (χ1) is 30.5. The van der Waals surface area contributed by atoms with E-state index in [0.29, 0.717) is 23.9 Å². The lowest BCUT2D eigenvalue weighted by molar-refractivity contribution is -0.870. The van der Waals surface area contributed by atoms with Crippen molar-refractivity contribution in [1.82, 2.24) is 0 Å². The van der Waals surface area contributed by atoms with Crippen molar-refractivity contribution in [3.8, 4) is 0 Å². The Morgan fingerprint density at radius 2 is 0.905 bits per heavy atom. The number of carbonyl (C=O) groups is 2. The zero-order valence-electron chi connectivity index (χ0n) is 40.5. The molecule has 63 heavy (non-hydrogen) atoms. The number of unbranched alkanes of at least 4 members (excludes halogenated alkanes) is 13. The van der Waals surface area contributed by atoms with Crippen molar-refractivity contribution >= 4 is 19.8 Å². The van der Waals surface area contributed by atoms with Gasteiger partial charge in [0.05, 0.1) is 27.7 Å². The number of quaternary nitrogens is 1. The van der Waals surface area contributed by atoms with Crippen molar-refractivity contribution < 1.29 is 42.1 Å². The molecule has 9 nitrogen and oxygen atoms in total. The molecule has 2 unspecified atom stereocenters. The molecule has 10 heteroatoms. The first-order valence-electron chi connectivity index (χ1n) is 24.4. The lowest BCUT2D eigenvalue weighted by atomic mass is 10.1. The van der Waals surface area contributed by atoms with E-state index in [4.69, 9.17) is 18.5 Å². The van der Waals surface area contributed by atoms with Crippen molar-refractivity contribution in [3.63, 3.8) is 0 Å². The van der Waals surface area contributed by atoms with Gasteiger partial charge in [0.25, 0.3) is 7.82 Å². The maximum atomic E-state index is 12.7. The Morgan fingerprint density at radius 3 is 1.37 bits per heavy atom. The summed E-state index contributed by atoms with van der Waals surface area (Å²) in [5.74, 6) is -0.869. The standard InChI is InChI=1S/C53H90NO8P/c1-6-8-10-12-14-16-18-19-20-21-22-23-24-25-26-27-28-29-30-31-32-33-34-35-36-38-40-42-44-46-53(56)62-51(50-61-63(57,58)60-48-47-54(3,4)5)49-59-52(55)45-43-41-39-37-17-15-13-11-9-7-2/h8,10-11,13-14,16,19-20,22-23,25-26,28-29,31-32,51H,6-7,9,12,15,17-18,21,24,27,30,33-50H2,1-5H3/b10-8-,13-11-,16-14-,20-19-,23-22-,26-25-,29-28-,32-31-. The second kappa shape index (κ2) is 44.1. The fourth-order valence-electron chi connectivity index (χ4n) is 6.05. The summed E-state index contributed by atoms with van der Waals surface area (Å²) in [5.41, 5.74) is 0. The minimum absolute atomic E-state index is 0.0396. The maximum Gasteiger partial charge on any atom is 0.306 e. The average molecular weight is 900 g/mol. The van der Waals surface area contributed by atoms with Gasteiger partial charge in [-0.2, -0.15) is 0 Å². The second-order valence-corrected chi connectivity index (χ2v) is 18.5. The molecule has 0 rings (SSSR count). The van der Waals surface area contributed by atoms with E-state index in [9.17, 15) is 19.0 Å². The number of nitrogens with zero attached hydrogens (tertiary/aromatic N) is 1. The molecule has 0 aromatic heterocycles. The molecule has 0 amide bonds. The van der Waals surface area contributed by atoms with Crippen molar-refractivity contribution in [3.05, 3.63) is 97.2 Å². The fraction of sp³-hybridized carbons (Fsp3) is 0.660. The van der Waals surface area contributed by atoms with E-state index < -0.39 is 32.5 Å². The summed E-state index contributed by atoms with van der Waals surface area (Å²) < 4.78 is 33.9. The summed E-state index contributed by atoms with van der Waals surface area (Å²) in [5, 5.41) is 0. The summed E-state index contributed by atoms with van der Waals surface area (Å²) >= 11 is 0. The van der Waals surface area contributed by atoms with Crippen molar-refractivity contribution in [2.75, 3.05) is 47.5 Å².